The van der Waals surface area contributed by atoms with E-state index >= 15 is 0 Å². The SMILES string of the molecule is COc1ccccc1C(C(C)N)n1nc(C)c(Br)c1C. The molecule has 0 spiro atoms. The summed E-state index contributed by atoms with van der Waals surface area (Å²) in [6.07, 6.45) is 0. The zero-order chi connectivity index (χ0) is 14.9. The fraction of sp³-hybridized carbons (Fsp3) is 0.400. The van der Waals surface area contributed by atoms with E-state index in [0.29, 0.717) is 0 Å². The van der Waals surface area contributed by atoms with Gasteiger partial charge in [-0.3, -0.25) is 4.68 Å². The van der Waals surface area contributed by atoms with Gasteiger partial charge in [0.1, 0.15) is 5.75 Å². The van der Waals surface area contributed by atoms with Crippen LogP contribution in [0.2, 0.25) is 0 Å². The van der Waals surface area contributed by atoms with Crippen molar-refractivity contribution in [3.05, 3.63) is 45.7 Å². The minimum atomic E-state index is -0.0869. The standard InChI is InChI=1S/C15H20BrN3O/c1-9(17)15(12-7-5-6-8-13(12)20-4)19-11(3)14(16)10(2)18-19/h5-9,15H,17H2,1-4H3. The Kier molecular flexibility index (Phi) is 4.50. The molecule has 2 N–H and O–H groups in total. The number of nitrogens with zero attached hydrogens (tertiary/aromatic N) is 2. The van der Waals surface area contributed by atoms with E-state index in [1.165, 1.54) is 0 Å². The molecular weight excluding hydrogens is 318 g/mol. The quantitative estimate of drug-likeness (QED) is 0.931. The fourth-order valence-corrected chi connectivity index (χ4v) is 2.72. The molecule has 0 saturated heterocycles. The minimum absolute atomic E-state index is 0.0591. The number of aryl methyl sites for hydroxylation is 1. The molecule has 2 aromatic rings. The van der Waals surface area contributed by atoms with Gasteiger partial charge < -0.3 is 10.5 Å². The second kappa shape index (κ2) is 5.97. The summed E-state index contributed by atoms with van der Waals surface area (Å²) in [4.78, 5) is 0. The normalized spacial score (nSPS) is 14.1. The van der Waals surface area contributed by atoms with E-state index in [-0.39, 0.29) is 12.1 Å². The maximum Gasteiger partial charge on any atom is 0.124 e. The number of benzene rings is 1. The van der Waals surface area contributed by atoms with E-state index < -0.39 is 0 Å². The molecule has 108 valence electrons. The number of nitrogens with two attached hydrogens (primary N) is 1. The Morgan fingerprint density at radius 3 is 2.45 bits per heavy atom. The maximum absolute atomic E-state index is 6.22. The van der Waals surface area contributed by atoms with Crippen LogP contribution in [0.15, 0.2) is 28.7 Å². The number of methoxy groups -OCH3 is 1. The number of hydrogen-bond acceptors (Lipinski definition) is 3. The third-order valence-electron chi connectivity index (χ3n) is 3.46. The van der Waals surface area contributed by atoms with E-state index in [9.17, 15) is 0 Å². The molecule has 0 aliphatic rings. The molecule has 0 radical (unpaired) electrons. The van der Waals surface area contributed by atoms with E-state index in [1.807, 2.05) is 49.7 Å². The lowest BCUT2D eigenvalue weighted by Crippen LogP contribution is -2.32. The Morgan fingerprint density at radius 1 is 1.30 bits per heavy atom. The lowest BCUT2D eigenvalue weighted by Gasteiger charge is -2.25. The third-order valence-corrected chi connectivity index (χ3v) is 4.60. The Morgan fingerprint density at radius 2 is 1.95 bits per heavy atom. The van der Waals surface area contributed by atoms with Gasteiger partial charge in [0.2, 0.25) is 0 Å². The molecule has 1 aromatic heterocycles. The van der Waals surface area contributed by atoms with Crippen LogP contribution in [0.1, 0.15) is 29.9 Å². The van der Waals surface area contributed by atoms with Crippen molar-refractivity contribution >= 4 is 15.9 Å². The average Bonchev–Trinajstić information content (AvgIpc) is 2.67. The van der Waals surface area contributed by atoms with Crippen molar-refractivity contribution < 1.29 is 4.74 Å². The molecule has 20 heavy (non-hydrogen) atoms. The number of halogens is 1. The summed E-state index contributed by atoms with van der Waals surface area (Å²) in [5, 5.41) is 4.62. The summed E-state index contributed by atoms with van der Waals surface area (Å²) in [6.45, 7) is 6.00. The van der Waals surface area contributed by atoms with Crippen molar-refractivity contribution in [2.24, 2.45) is 5.73 Å². The average molecular weight is 338 g/mol. The van der Waals surface area contributed by atoms with Crippen molar-refractivity contribution in [1.29, 1.82) is 0 Å². The van der Waals surface area contributed by atoms with Gasteiger partial charge in [0, 0.05) is 11.6 Å². The highest BCUT2D eigenvalue weighted by molar-refractivity contribution is 9.10. The summed E-state index contributed by atoms with van der Waals surface area (Å²) in [6, 6.07) is 7.79. The summed E-state index contributed by atoms with van der Waals surface area (Å²) in [5.41, 5.74) is 9.29. The van der Waals surface area contributed by atoms with Gasteiger partial charge in [0.15, 0.2) is 0 Å². The number of ether oxygens (including phenoxy) is 1. The second-order valence-electron chi connectivity index (χ2n) is 4.98. The Labute approximate surface area is 128 Å². The van der Waals surface area contributed by atoms with Crippen molar-refractivity contribution in [2.75, 3.05) is 7.11 Å². The van der Waals surface area contributed by atoms with E-state index in [0.717, 1.165) is 27.2 Å². The molecule has 0 fully saturated rings. The molecule has 2 atom stereocenters. The molecule has 0 aliphatic carbocycles. The molecule has 0 aliphatic heterocycles. The van der Waals surface area contributed by atoms with Gasteiger partial charge >= 0.3 is 0 Å². The second-order valence-corrected chi connectivity index (χ2v) is 5.77. The van der Waals surface area contributed by atoms with Crippen LogP contribution in [0.5, 0.6) is 5.75 Å². The highest BCUT2D eigenvalue weighted by atomic mass is 79.9. The largest absolute Gasteiger partial charge is 0.496 e. The van der Waals surface area contributed by atoms with Gasteiger partial charge in [0.05, 0.1) is 29.0 Å². The van der Waals surface area contributed by atoms with Crippen LogP contribution in [0, 0.1) is 13.8 Å². The molecule has 5 heteroatoms. The van der Waals surface area contributed by atoms with Crippen LogP contribution in [-0.2, 0) is 0 Å². The first-order valence-corrected chi connectivity index (χ1v) is 7.36. The molecule has 1 aromatic carbocycles. The molecule has 0 saturated carbocycles. The molecule has 1 heterocycles. The highest BCUT2D eigenvalue weighted by Crippen LogP contribution is 2.32. The van der Waals surface area contributed by atoms with Gasteiger partial charge in [-0.25, -0.2) is 0 Å². The third kappa shape index (κ3) is 2.60. The Balaban J connectivity index is 2.60. The maximum atomic E-state index is 6.22. The van der Waals surface area contributed by atoms with E-state index in [2.05, 4.69) is 21.0 Å². The topological polar surface area (TPSA) is 53.1 Å². The van der Waals surface area contributed by atoms with Crippen LogP contribution in [0.3, 0.4) is 0 Å². The van der Waals surface area contributed by atoms with Gasteiger partial charge in [-0.05, 0) is 42.8 Å². The van der Waals surface area contributed by atoms with Crippen LogP contribution in [-0.4, -0.2) is 22.9 Å². The lowest BCUT2D eigenvalue weighted by atomic mass is 10.00. The van der Waals surface area contributed by atoms with Crippen molar-refractivity contribution in [1.82, 2.24) is 9.78 Å². The number of hydrogen-bond donors (Lipinski definition) is 1. The highest BCUT2D eigenvalue weighted by Gasteiger charge is 2.25. The molecule has 0 amide bonds. The summed E-state index contributed by atoms with van der Waals surface area (Å²) >= 11 is 3.57. The number of para-hydroxylation sites is 1. The first-order valence-electron chi connectivity index (χ1n) is 6.57. The van der Waals surface area contributed by atoms with Crippen LogP contribution < -0.4 is 10.5 Å². The van der Waals surface area contributed by atoms with Crippen LogP contribution in [0.25, 0.3) is 0 Å². The zero-order valence-electron chi connectivity index (χ0n) is 12.2. The smallest absolute Gasteiger partial charge is 0.124 e. The fourth-order valence-electron chi connectivity index (χ4n) is 2.46. The number of rotatable bonds is 4. The minimum Gasteiger partial charge on any atom is -0.496 e. The Bertz CT molecular complexity index is 607. The van der Waals surface area contributed by atoms with Crippen molar-refractivity contribution in [3.63, 3.8) is 0 Å². The van der Waals surface area contributed by atoms with Crippen molar-refractivity contribution in [2.45, 2.75) is 32.9 Å². The molecule has 0 bridgehead atoms. The van der Waals surface area contributed by atoms with Gasteiger partial charge in [-0.1, -0.05) is 18.2 Å². The first kappa shape index (κ1) is 15.1. The first-order chi connectivity index (χ1) is 9.47. The summed E-state index contributed by atoms with van der Waals surface area (Å²) in [7, 11) is 1.67. The zero-order valence-corrected chi connectivity index (χ0v) is 13.8. The van der Waals surface area contributed by atoms with Gasteiger partial charge in [-0.2, -0.15) is 5.10 Å². The van der Waals surface area contributed by atoms with E-state index in [4.69, 9.17) is 10.5 Å². The Hall–Kier alpha value is -1.33. The van der Waals surface area contributed by atoms with Crippen LogP contribution >= 0.6 is 15.9 Å². The van der Waals surface area contributed by atoms with Gasteiger partial charge in [0.25, 0.3) is 0 Å². The van der Waals surface area contributed by atoms with Gasteiger partial charge in [-0.15, -0.1) is 0 Å². The van der Waals surface area contributed by atoms with Crippen molar-refractivity contribution in [3.8, 4) is 5.75 Å². The summed E-state index contributed by atoms with van der Waals surface area (Å²) in [5.74, 6) is 0.832. The predicted octanol–water partition coefficient (Wildman–Crippen LogP) is 3.21. The molecule has 2 rings (SSSR count). The summed E-state index contributed by atoms with van der Waals surface area (Å²) < 4.78 is 8.47. The molecule has 4 nitrogen and oxygen atoms in total. The van der Waals surface area contributed by atoms with Crippen LogP contribution in [0.4, 0.5) is 0 Å². The lowest BCUT2D eigenvalue weighted by molar-refractivity contribution is 0.382. The van der Waals surface area contributed by atoms with E-state index in [1.54, 1.807) is 7.11 Å². The monoisotopic (exact) mass is 337 g/mol. The molecule has 2 unspecified atom stereocenters. The number of aromatic nitrogens is 2. The molecular formula is C15H20BrN3O. The predicted molar refractivity (Wildman–Crippen MR) is 84.2 cm³/mol.